The quantitative estimate of drug-likeness (QED) is 0.780. The molecular weight excluding hydrogens is 251 g/mol. The van der Waals surface area contributed by atoms with Gasteiger partial charge in [-0.15, -0.1) is 0 Å². The number of halogens is 1. The van der Waals surface area contributed by atoms with Crippen LogP contribution >= 0.6 is 0 Å². The Labute approximate surface area is 108 Å². The van der Waals surface area contributed by atoms with Gasteiger partial charge < -0.3 is 9.30 Å². The molecule has 2 heterocycles. The van der Waals surface area contributed by atoms with Crippen LogP contribution in [0, 0.1) is 5.82 Å². The average Bonchev–Trinajstić information content (AvgIpc) is 2.44. The molecule has 0 amide bonds. The molecule has 2 rings (SSSR count). The van der Waals surface area contributed by atoms with E-state index in [-0.39, 0.29) is 6.54 Å². The lowest BCUT2D eigenvalue weighted by atomic mass is 10.2. The van der Waals surface area contributed by atoms with Crippen LogP contribution in [0.3, 0.4) is 0 Å². The first-order valence-electron chi connectivity index (χ1n) is 5.50. The number of carbonyl (C=O) groups is 1. The number of methoxy groups -OCH3 is 1. The Morgan fingerprint density at radius 2 is 2.21 bits per heavy atom. The lowest BCUT2D eigenvalue weighted by Crippen LogP contribution is -2.22. The van der Waals surface area contributed by atoms with Crippen molar-refractivity contribution in [3.05, 3.63) is 64.1 Å². The number of carbonyl (C=O) groups excluding carboxylic acids is 1. The molecule has 0 aliphatic rings. The summed E-state index contributed by atoms with van der Waals surface area (Å²) in [5, 5.41) is 0. The van der Waals surface area contributed by atoms with Crippen LogP contribution < -0.4 is 5.56 Å². The van der Waals surface area contributed by atoms with Crippen LogP contribution in [0.15, 0.2) is 41.5 Å². The van der Waals surface area contributed by atoms with Crippen LogP contribution in [0.25, 0.3) is 0 Å². The molecule has 0 aliphatic heterocycles. The van der Waals surface area contributed by atoms with Gasteiger partial charge in [0.05, 0.1) is 24.9 Å². The standard InChI is InChI=1S/C13H11FN2O3/c1-19-13(18)9-4-5-10(15-7-9)8-16-6-2-3-11(14)12(16)17/h2-7H,8H2,1H3. The fourth-order valence-electron chi connectivity index (χ4n) is 1.56. The Hall–Kier alpha value is -2.50. The second-order valence-electron chi connectivity index (χ2n) is 3.82. The molecule has 2 aromatic heterocycles. The van der Waals surface area contributed by atoms with Crippen LogP contribution in [-0.2, 0) is 11.3 Å². The maximum absolute atomic E-state index is 13.1. The van der Waals surface area contributed by atoms with Gasteiger partial charge in [0.15, 0.2) is 5.82 Å². The molecule has 98 valence electrons. The second kappa shape index (κ2) is 5.43. The van der Waals surface area contributed by atoms with E-state index >= 15 is 0 Å². The predicted molar refractivity (Wildman–Crippen MR) is 65.3 cm³/mol. The summed E-state index contributed by atoms with van der Waals surface area (Å²) >= 11 is 0. The molecule has 0 bridgehead atoms. The summed E-state index contributed by atoms with van der Waals surface area (Å²) in [5.74, 6) is -1.30. The zero-order chi connectivity index (χ0) is 13.8. The van der Waals surface area contributed by atoms with Crippen molar-refractivity contribution in [1.29, 1.82) is 0 Å². The summed E-state index contributed by atoms with van der Waals surface area (Å²) in [4.78, 5) is 26.7. The van der Waals surface area contributed by atoms with E-state index in [1.807, 2.05) is 0 Å². The Morgan fingerprint density at radius 3 is 2.84 bits per heavy atom. The van der Waals surface area contributed by atoms with E-state index in [1.54, 1.807) is 12.1 Å². The number of ether oxygens (including phenoxy) is 1. The predicted octanol–water partition coefficient (Wildman–Crippen LogP) is 1.22. The minimum Gasteiger partial charge on any atom is -0.465 e. The second-order valence-corrected chi connectivity index (χ2v) is 3.82. The molecule has 0 aromatic carbocycles. The average molecular weight is 262 g/mol. The summed E-state index contributed by atoms with van der Waals surface area (Å²) < 4.78 is 18.8. The van der Waals surface area contributed by atoms with E-state index in [0.29, 0.717) is 11.3 Å². The van der Waals surface area contributed by atoms with Crippen LogP contribution in [0.2, 0.25) is 0 Å². The summed E-state index contributed by atoms with van der Waals surface area (Å²) in [6, 6.07) is 5.67. The topological polar surface area (TPSA) is 61.2 Å². The molecule has 0 radical (unpaired) electrons. The van der Waals surface area contributed by atoms with E-state index in [9.17, 15) is 14.0 Å². The van der Waals surface area contributed by atoms with Gasteiger partial charge in [-0.1, -0.05) is 0 Å². The lowest BCUT2D eigenvalue weighted by Gasteiger charge is -2.05. The van der Waals surface area contributed by atoms with E-state index in [1.165, 1.54) is 30.1 Å². The summed E-state index contributed by atoms with van der Waals surface area (Å²) in [6.45, 7) is 0.137. The first kappa shape index (κ1) is 12.9. The molecule has 0 saturated heterocycles. The third kappa shape index (κ3) is 2.85. The molecule has 0 atom stereocenters. The molecule has 0 fully saturated rings. The highest BCUT2D eigenvalue weighted by molar-refractivity contribution is 5.88. The van der Waals surface area contributed by atoms with Gasteiger partial charge in [0.25, 0.3) is 5.56 Å². The van der Waals surface area contributed by atoms with E-state index in [0.717, 1.165) is 6.07 Å². The Morgan fingerprint density at radius 1 is 1.42 bits per heavy atom. The van der Waals surface area contributed by atoms with Crippen LogP contribution in [0.5, 0.6) is 0 Å². The van der Waals surface area contributed by atoms with Crippen molar-refractivity contribution in [2.75, 3.05) is 7.11 Å². The Balaban J connectivity index is 2.22. The summed E-state index contributed by atoms with van der Waals surface area (Å²) in [5.41, 5.74) is 0.152. The number of esters is 1. The van der Waals surface area contributed by atoms with E-state index in [4.69, 9.17) is 0 Å². The molecule has 0 spiro atoms. The molecule has 6 heteroatoms. The van der Waals surface area contributed by atoms with Gasteiger partial charge in [-0.25, -0.2) is 9.18 Å². The number of rotatable bonds is 3. The minimum atomic E-state index is -0.811. The highest BCUT2D eigenvalue weighted by Gasteiger charge is 2.07. The molecule has 0 N–H and O–H groups in total. The smallest absolute Gasteiger partial charge is 0.339 e. The minimum absolute atomic E-state index is 0.137. The van der Waals surface area contributed by atoms with Crippen molar-refractivity contribution in [3.63, 3.8) is 0 Å². The SMILES string of the molecule is COC(=O)c1ccc(Cn2cccc(F)c2=O)nc1. The zero-order valence-corrected chi connectivity index (χ0v) is 10.2. The number of aromatic nitrogens is 2. The fraction of sp³-hybridized carbons (Fsp3) is 0.154. The van der Waals surface area contributed by atoms with Crippen molar-refractivity contribution in [1.82, 2.24) is 9.55 Å². The monoisotopic (exact) mass is 262 g/mol. The van der Waals surface area contributed by atoms with Crippen molar-refractivity contribution in [2.24, 2.45) is 0 Å². The summed E-state index contributed by atoms with van der Waals surface area (Å²) in [7, 11) is 1.28. The lowest BCUT2D eigenvalue weighted by molar-refractivity contribution is 0.0600. The molecule has 19 heavy (non-hydrogen) atoms. The first-order valence-corrected chi connectivity index (χ1v) is 5.50. The third-order valence-corrected chi connectivity index (χ3v) is 2.55. The van der Waals surface area contributed by atoms with Crippen molar-refractivity contribution >= 4 is 5.97 Å². The number of hydrogen-bond acceptors (Lipinski definition) is 4. The molecule has 5 nitrogen and oxygen atoms in total. The molecule has 0 saturated carbocycles. The normalized spacial score (nSPS) is 10.2. The van der Waals surface area contributed by atoms with Crippen LogP contribution in [0.4, 0.5) is 4.39 Å². The summed E-state index contributed by atoms with van der Waals surface area (Å²) in [6.07, 6.45) is 2.83. The molecule has 2 aromatic rings. The highest BCUT2D eigenvalue weighted by atomic mass is 19.1. The van der Waals surface area contributed by atoms with Crippen molar-refractivity contribution < 1.29 is 13.9 Å². The highest BCUT2D eigenvalue weighted by Crippen LogP contribution is 2.03. The van der Waals surface area contributed by atoms with E-state index in [2.05, 4.69) is 9.72 Å². The van der Waals surface area contributed by atoms with Gasteiger partial charge in [-0.3, -0.25) is 9.78 Å². The third-order valence-electron chi connectivity index (χ3n) is 2.55. The van der Waals surface area contributed by atoms with Gasteiger partial charge in [0, 0.05) is 12.4 Å². The van der Waals surface area contributed by atoms with Crippen LogP contribution in [0.1, 0.15) is 16.1 Å². The maximum Gasteiger partial charge on any atom is 0.339 e. The van der Waals surface area contributed by atoms with Gasteiger partial charge in [0.1, 0.15) is 0 Å². The zero-order valence-electron chi connectivity index (χ0n) is 10.2. The fourth-order valence-corrected chi connectivity index (χ4v) is 1.56. The maximum atomic E-state index is 13.1. The van der Waals surface area contributed by atoms with Crippen molar-refractivity contribution in [3.8, 4) is 0 Å². The van der Waals surface area contributed by atoms with Gasteiger partial charge in [-0.05, 0) is 24.3 Å². The largest absolute Gasteiger partial charge is 0.465 e. The molecule has 0 aliphatic carbocycles. The van der Waals surface area contributed by atoms with Gasteiger partial charge in [-0.2, -0.15) is 0 Å². The van der Waals surface area contributed by atoms with Gasteiger partial charge in [0.2, 0.25) is 0 Å². The molecular formula is C13H11FN2O3. The Kier molecular flexibility index (Phi) is 3.70. The first-order chi connectivity index (χ1) is 9.11. The van der Waals surface area contributed by atoms with E-state index < -0.39 is 17.3 Å². The number of hydrogen-bond donors (Lipinski definition) is 0. The number of pyridine rings is 2. The number of nitrogens with zero attached hydrogens (tertiary/aromatic N) is 2. The van der Waals surface area contributed by atoms with Crippen LogP contribution in [-0.4, -0.2) is 22.6 Å². The van der Waals surface area contributed by atoms with Gasteiger partial charge >= 0.3 is 5.97 Å². The van der Waals surface area contributed by atoms with Crippen molar-refractivity contribution in [2.45, 2.75) is 6.54 Å². The molecule has 0 unspecified atom stereocenters. The Bertz CT molecular complexity index is 650.